The standard InChI is InChI=1S/C16H10BrFN2OS/c17-11-3-1-2-10(8-11)4-7-15(21)20-16-19-13-6-5-12(18)9-14(13)22-16/h1-9H,(H,19,20,21)/b7-4+. The Kier molecular flexibility index (Phi) is 4.31. The molecular weight excluding hydrogens is 367 g/mol. The summed E-state index contributed by atoms with van der Waals surface area (Å²) in [6.07, 6.45) is 3.15. The molecule has 6 heteroatoms. The monoisotopic (exact) mass is 376 g/mol. The number of hydrogen-bond acceptors (Lipinski definition) is 3. The van der Waals surface area contributed by atoms with Crippen molar-refractivity contribution >= 4 is 54.6 Å². The van der Waals surface area contributed by atoms with E-state index in [1.165, 1.54) is 29.5 Å². The molecule has 0 atom stereocenters. The van der Waals surface area contributed by atoms with Gasteiger partial charge in [-0.2, -0.15) is 0 Å². The van der Waals surface area contributed by atoms with Crippen molar-refractivity contribution in [1.29, 1.82) is 0 Å². The number of fused-ring (bicyclic) bond motifs is 1. The number of amides is 1. The molecule has 3 rings (SSSR count). The lowest BCUT2D eigenvalue weighted by molar-refractivity contribution is -0.111. The number of hydrogen-bond donors (Lipinski definition) is 1. The SMILES string of the molecule is O=C(/C=C/c1cccc(Br)c1)Nc1nc2ccc(F)cc2s1. The molecule has 0 fully saturated rings. The summed E-state index contributed by atoms with van der Waals surface area (Å²) in [5.74, 6) is -0.594. The number of carbonyl (C=O) groups is 1. The maximum absolute atomic E-state index is 13.1. The molecule has 0 spiro atoms. The molecule has 0 aliphatic carbocycles. The molecule has 110 valence electrons. The average molecular weight is 377 g/mol. The van der Waals surface area contributed by atoms with Gasteiger partial charge in [0.1, 0.15) is 5.82 Å². The largest absolute Gasteiger partial charge is 0.298 e. The highest BCUT2D eigenvalue weighted by Crippen LogP contribution is 2.26. The molecule has 0 saturated carbocycles. The van der Waals surface area contributed by atoms with Gasteiger partial charge in [-0.3, -0.25) is 10.1 Å². The smallest absolute Gasteiger partial charge is 0.250 e. The highest BCUT2D eigenvalue weighted by Gasteiger charge is 2.06. The van der Waals surface area contributed by atoms with Crippen LogP contribution in [0.3, 0.4) is 0 Å². The number of rotatable bonds is 3. The van der Waals surface area contributed by atoms with Gasteiger partial charge in [0.25, 0.3) is 0 Å². The van der Waals surface area contributed by atoms with Crippen molar-refractivity contribution in [3.05, 3.63) is 64.4 Å². The van der Waals surface area contributed by atoms with Gasteiger partial charge in [0.05, 0.1) is 10.2 Å². The molecule has 2 aromatic carbocycles. The molecule has 1 aromatic heterocycles. The molecule has 0 bridgehead atoms. The Balaban J connectivity index is 1.72. The van der Waals surface area contributed by atoms with Crippen molar-refractivity contribution in [1.82, 2.24) is 4.98 Å². The summed E-state index contributed by atoms with van der Waals surface area (Å²) >= 11 is 4.61. The molecule has 1 N–H and O–H groups in total. The highest BCUT2D eigenvalue weighted by molar-refractivity contribution is 9.10. The van der Waals surface area contributed by atoms with Crippen molar-refractivity contribution in [2.45, 2.75) is 0 Å². The fourth-order valence-electron chi connectivity index (χ4n) is 1.88. The third kappa shape index (κ3) is 3.58. The van der Waals surface area contributed by atoms with E-state index in [1.54, 1.807) is 12.1 Å². The minimum atomic E-state index is -0.316. The van der Waals surface area contributed by atoms with Crippen molar-refractivity contribution in [2.24, 2.45) is 0 Å². The quantitative estimate of drug-likeness (QED) is 0.663. The highest BCUT2D eigenvalue weighted by atomic mass is 79.9. The number of halogens is 2. The van der Waals surface area contributed by atoms with Crippen LogP contribution in [0.1, 0.15) is 5.56 Å². The average Bonchev–Trinajstić information content (AvgIpc) is 2.86. The summed E-state index contributed by atoms with van der Waals surface area (Å²) in [5.41, 5.74) is 1.58. The van der Waals surface area contributed by atoms with Crippen LogP contribution in [0, 0.1) is 5.82 Å². The Bertz CT molecular complexity index is 875. The van der Waals surface area contributed by atoms with Crippen LogP contribution in [0.25, 0.3) is 16.3 Å². The summed E-state index contributed by atoms with van der Waals surface area (Å²) in [6, 6.07) is 12.0. The van der Waals surface area contributed by atoms with Gasteiger partial charge in [-0.25, -0.2) is 9.37 Å². The molecule has 1 heterocycles. The molecule has 0 aliphatic rings. The zero-order valence-electron chi connectivity index (χ0n) is 11.2. The Labute approximate surface area is 138 Å². The van der Waals surface area contributed by atoms with Gasteiger partial charge in [-0.15, -0.1) is 0 Å². The van der Waals surface area contributed by atoms with Crippen LogP contribution in [0.5, 0.6) is 0 Å². The minimum absolute atomic E-state index is 0.278. The second-order valence-electron chi connectivity index (χ2n) is 4.51. The maximum Gasteiger partial charge on any atom is 0.250 e. The normalized spacial score (nSPS) is 11.2. The molecule has 3 nitrogen and oxygen atoms in total. The first-order valence-corrected chi connectivity index (χ1v) is 8.02. The molecular formula is C16H10BrFN2OS. The summed E-state index contributed by atoms with van der Waals surface area (Å²) in [6.45, 7) is 0. The Hall–Kier alpha value is -2.05. The van der Waals surface area contributed by atoms with E-state index in [-0.39, 0.29) is 11.7 Å². The van der Waals surface area contributed by atoms with Crippen molar-refractivity contribution in [2.75, 3.05) is 5.32 Å². The third-order valence-electron chi connectivity index (χ3n) is 2.86. The topological polar surface area (TPSA) is 42.0 Å². The first-order valence-electron chi connectivity index (χ1n) is 6.41. The minimum Gasteiger partial charge on any atom is -0.298 e. The number of carbonyl (C=O) groups excluding carboxylic acids is 1. The molecule has 0 radical (unpaired) electrons. The first-order chi connectivity index (χ1) is 10.6. The van der Waals surface area contributed by atoms with Gasteiger partial charge in [-0.1, -0.05) is 39.4 Å². The van der Waals surface area contributed by atoms with E-state index in [2.05, 4.69) is 26.2 Å². The lowest BCUT2D eigenvalue weighted by atomic mass is 10.2. The van der Waals surface area contributed by atoms with Crippen LogP contribution in [-0.2, 0) is 4.79 Å². The number of aromatic nitrogens is 1. The van der Waals surface area contributed by atoms with E-state index in [1.807, 2.05) is 24.3 Å². The van der Waals surface area contributed by atoms with Crippen molar-refractivity contribution < 1.29 is 9.18 Å². The van der Waals surface area contributed by atoms with Gasteiger partial charge in [-0.05, 0) is 42.0 Å². The summed E-state index contributed by atoms with van der Waals surface area (Å²) < 4.78 is 14.8. The van der Waals surface area contributed by atoms with Crippen molar-refractivity contribution in [3.63, 3.8) is 0 Å². The maximum atomic E-state index is 13.1. The number of anilines is 1. The lowest BCUT2D eigenvalue weighted by Gasteiger charge is -1.96. The molecule has 0 saturated heterocycles. The van der Waals surface area contributed by atoms with Gasteiger partial charge >= 0.3 is 0 Å². The van der Waals surface area contributed by atoms with Crippen molar-refractivity contribution in [3.8, 4) is 0 Å². The number of nitrogens with zero attached hydrogens (tertiary/aromatic N) is 1. The summed E-state index contributed by atoms with van der Waals surface area (Å²) in [7, 11) is 0. The van der Waals surface area contributed by atoms with Crippen LogP contribution >= 0.6 is 27.3 Å². The van der Waals surface area contributed by atoms with Crippen LogP contribution < -0.4 is 5.32 Å². The summed E-state index contributed by atoms with van der Waals surface area (Å²) in [4.78, 5) is 16.1. The molecule has 3 aromatic rings. The van der Waals surface area contributed by atoms with Gasteiger partial charge in [0, 0.05) is 10.5 Å². The molecule has 1 amide bonds. The van der Waals surface area contributed by atoms with Crippen LogP contribution in [0.15, 0.2) is 53.0 Å². The van der Waals surface area contributed by atoms with E-state index in [9.17, 15) is 9.18 Å². The van der Waals surface area contributed by atoms with Gasteiger partial charge in [0.2, 0.25) is 5.91 Å². The van der Waals surface area contributed by atoms with E-state index in [0.717, 1.165) is 10.0 Å². The fraction of sp³-hybridized carbons (Fsp3) is 0. The second kappa shape index (κ2) is 6.37. The molecule has 22 heavy (non-hydrogen) atoms. The third-order valence-corrected chi connectivity index (χ3v) is 4.28. The Morgan fingerprint density at radius 1 is 1.27 bits per heavy atom. The predicted molar refractivity (Wildman–Crippen MR) is 91.4 cm³/mol. The predicted octanol–water partition coefficient (Wildman–Crippen LogP) is 4.85. The van der Waals surface area contributed by atoms with Crippen LogP contribution in [0.4, 0.5) is 9.52 Å². The van der Waals surface area contributed by atoms with E-state index in [0.29, 0.717) is 15.3 Å². The fourth-order valence-corrected chi connectivity index (χ4v) is 3.19. The van der Waals surface area contributed by atoms with Gasteiger partial charge < -0.3 is 0 Å². The number of thiazole rings is 1. The van der Waals surface area contributed by atoms with Gasteiger partial charge in [0.15, 0.2) is 5.13 Å². The summed E-state index contributed by atoms with van der Waals surface area (Å²) in [5, 5.41) is 3.13. The number of nitrogens with one attached hydrogen (secondary N) is 1. The zero-order valence-corrected chi connectivity index (χ0v) is 13.6. The van der Waals surface area contributed by atoms with E-state index >= 15 is 0 Å². The van der Waals surface area contributed by atoms with E-state index < -0.39 is 0 Å². The Morgan fingerprint density at radius 3 is 2.95 bits per heavy atom. The first kappa shape index (κ1) is 14.9. The Morgan fingerprint density at radius 2 is 2.14 bits per heavy atom. The number of benzene rings is 2. The molecule has 0 aliphatic heterocycles. The zero-order chi connectivity index (χ0) is 15.5. The van der Waals surface area contributed by atoms with Crippen LogP contribution in [-0.4, -0.2) is 10.9 Å². The molecule has 0 unspecified atom stereocenters. The lowest BCUT2D eigenvalue weighted by Crippen LogP contribution is -2.07. The second-order valence-corrected chi connectivity index (χ2v) is 6.45. The van der Waals surface area contributed by atoms with Crippen LogP contribution in [0.2, 0.25) is 0 Å². The van der Waals surface area contributed by atoms with E-state index in [4.69, 9.17) is 0 Å².